The first-order chi connectivity index (χ1) is 18.1. The van der Waals surface area contributed by atoms with Crippen LogP contribution in [-0.2, 0) is 16.8 Å². The van der Waals surface area contributed by atoms with Crippen molar-refractivity contribution in [2.24, 2.45) is 10.9 Å². The molecule has 0 saturated heterocycles. The van der Waals surface area contributed by atoms with Crippen LogP contribution in [0.2, 0.25) is 5.02 Å². The molecule has 2 heterocycles. The van der Waals surface area contributed by atoms with Crippen LogP contribution in [0.25, 0.3) is 10.9 Å². The number of carbonyl (C=O) groups is 1. The average Bonchev–Trinajstić information content (AvgIpc) is 3.52. The van der Waals surface area contributed by atoms with E-state index in [0.29, 0.717) is 29.5 Å². The summed E-state index contributed by atoms with van der Waals surface area (Å²) in [6.07, 6.45) is 6.82. The van der Waals surface area contributed by atoms with Gasteiger partial charge in [-0.2, -0.15) is 0 Å². The highest BCUT2D eigenvalue weighted by Crippen LogP contribution is 2.50. The number of nitrogens with one attached hydrogen (secondary N) is 2. The van der Waals surface area contributed by atoms with Crippen LogP contribution < -0.4 is 5.32 Å². The number of phenols is 1. The number of fused-ring (bicyclic) bond motifs is 1. The summed E-state index contributed by atoms with van der Waals surface area (Å²) in [4.78, 5) is 24.5. The molecule has 0 spiro atoms. The second-order valence-electron chi connectivity index (χ2n) is 9.99. The number of aromatic hydroxyl groups is 1. The fourth-order valence-corrected chi connectivity index (χ4v) is 5.63. The monoisotopic (exact) mass is 512 g/mol. The van der Waals surface area contributed by atoms with Crippen molar-refractivity contribution in [2.75, 3.05) is 13.1 Å². The van der Waals surface area contributed by atoms with E-state index >= 15 is 0 Å². The van der Waals surface area contributed by atoms with Crippen LogP contribution in [0.15, 0.2) is 84.0 Å². The van der Waals surface area contributed by atoms with Gasteiger partial charge in [0.25, 0.3) is 5.91 Å². The van der Waals surface area contributed by atoms with Crippen LogP contribution >= 0.6 is 11.6 Å². The number of H-pyrrole nitrogens is 1. The van der Waals surface area contributed by atoms with Crippen molar-refractivity contribution in [1.29, 1.82) is 0 Å². The molecule has 0 radical (unpaired) electrons. The van der Waals surface area contributed by atoms with E-state index in [1.807, 2.05) is 60.8 Å². The summed E-state index contributed by atoms with van der Waals surface area (Å²) in [7, 11) is 0. The predicted octanol–water partition coefficient (Wildman–Crippen LogP) is 5.58. The molecule has 2 atom stereocenters. The van der Waals surface area contributed by atoms with Crippen molar-refractivity contribution in [2.45, 2.75) is 30.8 Å². The Morgan fingerprint density at radius 1 is 1.11 bits per heavy atom. The fraction of sp³-hybridized carbons (Fsp3) is 0.267. The Bertz CT molecular complexity index is 1460. The summed E-state index contributed by atoms with van der Waals surface area (Å²) in [5.41, 5.74) is 2.41. The lowest BCUT2D eigenvalue weighted by Crippen LogP contribution is -2.49. The van der Waals surface area contributed by atoms with E-state index in [9.17, 15) is 9.90 Å². The Kier molecular flexibility index (Phi) is 6.13. The van der Waals surface area contributed by atoms with E-state index in [0.717, 1.165) is 28.6 Å². The molecular weight excluding hydrogens is 484 g/mol. The van der Waals surface area contributed by atoms with Gasteiger partial charge in [0.2, 0.25) is 0 Å². The van der Waals surface area contributed by atoms with Crippen molar-refractivity contribution in [3.63, 3.8) is 0 Å². The zero-order valence-corrected chi connectivity index (χ0v) is 21.2. The lowest BCUT2D eigenvalue weighted by atomic mass is 9.78. The largest absolute Gasteiger partial charge is 0.508 e. The number of phenolic OH excluding ortho intramolecular Hbond substituents is 1. The molecule has 7 heteroatoms. The minimum absolute atomic E-state index is 0.0655. The lowest BCUT2D eigenvalue weighted by Gasteiger charge is -2.37. The second kappa shape index (κ2) is 9.60. The number of rotatable bonds is 8. The number of carbonyl (C=O) groups excluding carboxylic acids is 1. The Hall–Kier alpha value is -3.77. The molecule has 188 valence electrons. The first-order valence-electron chi connectivity index (χ1n) is 12.7. The van der Waals surface area contributed by atoms with Crippen molar-refractivity contribution in [1.82, 2.24) is 15.2 Å². The number of aromatic amines is 1. The molecule has 2 aliphatic rings. The van der Waals surface area contributed by atoms with Crippen molar-refractivity contribution in [3.8, 4) is 5.75 Å². The zero-order valence-electron chi connectivity index (χ0n) is 20.4. The SMILES string of the molecule is O=C(NCCc1c[nH]c2ccccc12)[C@]1(c2ccccc2)N=CN(CC2CC2)[C@H]1c1ccc(Cl)cc1O. The maximum atomic E-state index is 14.2. The van der Waals surface area contributed by atoms with Gasteiger partial charge >= 0.3 is 0 Å². The first-order valence-corrected chi connectivity index (χ1v) is 13.1. The van der Waals surface area contributed by atoms with Gasteiger partial charge in [-0.1, -0.05) is 66.2 Å². The van der Waals surface area contributed by atoms with Crippen LogP contribution in [0.4, 0.5) is 0 Å². The highest BCUT2D eigenvalue weighted by Gasteiger charge is 2.54. The van der Waals surface area contributed by atoms with Crippen LogP contribution in [-0.4, -0.2) is 40.3 Å². The van der Waals surface area contributed by atoms with Crippen molar-refractivity contribution in [3.05, 3.63) is 101 Å². The van der Waals surface area contributed by atoms with Gasteiger partial charge in [-0.25, -0.2) is 0 Å². The topological polar surface area (TPSA) is 80.7 Å². The summed E-state index contributed by atoms with van der Waals surface area (Å²) in [5, 5.41) is 15.8. The third-order valence-corrected chi connectivity index (χ3v) is 7.74. The van der Waals surface area contributed by atoms with E-state index in [4.69, 9.17) is 16.6 Å². The Morgan fingerprint density at radius 3 is 2.68 bits per heavy atom. The van der Waals surface area contributed by atoms with Crippen LogP contribution in [0.1, 0.15) is 35.6 Å². The Morgan fingerprint density at radius 2 is 1.89 bits per heavy atom. The molecule has 0 unspecified atom stereocenters. The number of hydrogen-bond acceptors (Lipinski definition) is 4. The molecule has 37 heavy (non-hydrogen) atoms. The Labute approximate surface area is 221 Å². The summed E-state index contributed by atoms with van der Waals surface area (Å²) in [5.74, 6) is 0.447. The third-order valence-electron chi connectivity index (χ3n) is 7.50. The van der Waals surface area contributed by atoms with E-state index in [-0.39, 0.29) is 11.7 Å². The number of amides is 1. The molecule has 6 nitrogen and oxygen atoms in total. The molecule has 1 aromatic heterocycles. The minimum Gasteiger partial charge on any atom is -0.508 e. The first kappa shape index (κ1) is 23.6. The normalized spacial score (nSPS) is 21.0. The standard InChI is InChI=1S/C30H29ClN4O2/c31-23-12-13-25(27(36)16-23)28-30(22-6-2-1-3-7-22,34-19-35(28)18-20-10-11-20)29(37)32-15-14-21-17-33-26-9-5-4-8-24(21)26/h1-9,12-13,16-17,19-20,28,33,36H,10-11,14-15,18H2,(H,32,37)/t28-,30+/m0/s1. The number of aromatic nitrogens is 1. The predicted molar refractivity (Wildman–Crippen MR) is 147 cm³/mol. The summed E-state index contributed by atoms with van der Waals surface area (Å²) >= 11 is 6.18. The van der Waals surface area contributed by atoms with E-state index in [1.54, 1.807) is 12.4 Å². The highest BCUT2D eigenvalue weighted by atomic mass is 35.5. The number of aliphatic imine (C=N–C) groups is 1. The highest BCUT2D eigenvalue weighted by molar-refractivity contribution is 6.30. The van der Waals surface area contributed by atoms with Gasteiger partial charge in [-0.05, 0) is 54.5 Å². The zero-order chi connectivity index (χ0) is 25.4. The summed E-state index contributed by atoms with van der Waals surface area (Å²) in [6.45, 7) is 1.25. The minimum atomic E-state index is -1.25. The van der Waals surface area contributed by atoms with Gasteiger partial charge in [-0.15, -0.1) is 0 Å². The second-order valence-corrected chi connectivity index (χ2v) is 10.4. The quantitative estimate of drug-likeness (QED) is 0.288. The van der Waals surface area contributed by atoms with Gasteiger partial charge in [-0.3, -0.25) is 9.79 Å². The molecule has 0 bridgehead atoms. The lowest BCUT2D eigenvalue weighted by molar-refractivity contribution is -0.128. The molecule has 1 saturated carbocycles. The number of para-hydroxylation sites is 1. The van der Waals surface area contributed by atoms with E-state index in [1.165, 1.54) is 18.9 Å². The van der Waals surface area contributed by atoms with Gasteiger partial charge in [0.1, 0.15) is 5.75 Å². The van der Waals surface area contributed by atoms with Gasteiger partial charge in [0.15, 0.2) is 5.54 Å². The number of halogens is 1. The number of hydrogen-bond donors (Lipinski definition) is 3. The molecule has 3 aromatic carbocycles. The van der Waals surface area contributed by atoms with E-state index < -0.39 is 11.6 Å². The van der Waals surface area contributed by atoms with Gasteiger partial charge < -0.3 is 20.3 Å². The number of benzene rings is 3. The summed E-state index contributed by atoms with van der Waals surface area (Å²) < 4.78 is 0. The summed E-state index contributed by atoms with van der Waals surface area (Å²) in [6, 6.07) is 22.4. The smallest absolute Gasteiger partial charge is 0.255 e. The van der Waals surface area contributed by atoms with Crippen LogP contribution in [0, 0.1) is 5.92 Å². The molecule has 1 aliphatic heterocycles. The molecule has 4 aromatic rings. The van der Waals surface area contributed by atoms with E-state index in [2.05, 4.69) is 21.3 Å². The van der Waals surface area contributed by atoms with Crippen LogP contribution in [0.5, 0.6) is 5.75 Å². The average molecular weight is 513 g/mol. The maximum Gasteiger partial charge on any atom is 0.255 e. The fourth-order valence-electron chi connectivity index (χ4n) is 5.47. The van der Waals surface area contributed by atoms with Crippen molar-refractivity contribution >= 4 is 34.7 Å². The van der Waals surface area contributed by atoms with Gasteiger partial charge in [0, 0.05) is 40.8 Å². The number of nitrogens with zero attached hydrogens (tertiary/aromatic N) is 2. The molecule has 1 aliphatic carbocycles. The van der Waals surface area contributed by atoms with Crippen molar-refractivity contribution < 1.29 is 9.90 Å². The van der Waals surface area contributed by atoms with Gasteiger partial charge in [0.05, 0.1) is 12.4 Å². The maximum absolute atomic E-state index is 14.2. The molecular formula is C30H29ClN4O2. The third kappa shape index (κ3) is 4.36. The molecule has 6 rings (SSSR count). The molecule has 1 amide bonds. The Balaban J connectivity index is 1.35. The van der Waals surface area contributed by atoms with Crippen LogP contribution in [0.3, 0.4) is 0 Å². The molecule has 3 N–H and O–H groups in total. The molecule has 1 fully saturated rings.